The summed E-state index contributed by atoms with van der Waals surface area (Å²) < 4.78 is 1.95. The fraction of sp³-hybridized carbons (Fsp3) is 0.333. The normalized spacial score (nSPS) is 15.9. The summed E-state index contributed by atoms with van der Waals surface area (Å²) in [5, 5.41) is 13.2. The van der Waals surface area contributed by atoms with E-state index in [0.717, 1.165) is 36.2 Å². The highest BCUT2D eigenvalue weighted by atomic mass is 15.3. The number of hydrogen-bond donors (Lipinski definition) is 1. The molecule has 4 nitrogen and oxygen atoms in total. The van der Waals surface area contributed by atoms with Gasteiger partial charge in [-0.3, -0.25) is 4.68 Å². The summed E-state index contributed by atoms with van der Waals surface area (Å²) in [6, 6.07) is 10.1. The number of nitrogens with two attached hydrogens (primary N) is 1. The first-order valence-electron chi connectivity index (χ1n) is 6.46. The highest BCUT2D eigenvalue weighted by Gasteiger charge is 2.42. The van der Waals surface area contributed by atoms with Crippen LogP contribution >= 0.6 is 0 Å². The fourth-order valence-corrected chi connectivity index (χ4v) is 2.35. The second-order valence-electron chi connectivity index (χ2n) is 5.38. The van der Waals surface area contributed by atoms with Crippen molar-refractivity contribution >= 4 is 5.69 Å². The summed E-state index contributed by atoms with van der Waals surface area (Å²) in [4.78, 5) is 0. The van der Waals surface area contributed by atoms with Gasteiger partial charge >= 0.3 is 0 Å². The van der Waals surface area contributed by atoms with Gasteiger partial charge in [-0.2, -0.15) is 10.4 Å². The van der Waals surface area contributed by atoms with Crippen molar-refractivity contribution in [3.8, 4) is 17.2 Å². The van der Waals surface area contributed by atoms with E-state index in [4.69, 9.17) is 11.0 Å². The quantitative estimate of drug-likeness (QED) is 0.851. The third kappa shape index (κ3) is 2.45. The van der Waals surface area contributed by atoms with Crippen molar-refractivity contribution in [3.63, 3.8) is 0 Å². The molecule has 1 aliphatic carbocycles. The molecule has 0 spiro atoms. The summed E-state index contributed by atoms with van der Waals surface area (Å²) in [6.07, 6.45) is 6.82. The number of rotatable bonds is 4. The van der Waals surface area contributed by atoms with Gasteiger partial charge in [0.15, 0.2) is 0 Å². The Hall–Kier alpha value is -2.28. The molecule has 1 aromatic carbocycles. The van der Waals surface area contributed by atoms with Gasteiger partial charge in [-0.05, 0) is 30.5 Å². The zero-order valence-electron chi connectivity index (χ0n) is 10.7. The third-order valence-electron chi connectivity index (χ3n) is 3.79. The zero-order chi connectivity index (χ0) is 13.3. The first-order valence-corrected chi connectivity index (χ1v) is 6.46. The van der Waals surface area contributed by atoms with Gasteiger partial charge in [0.1, 0.15) is 0 Å². The molecule has 0 aliphatic heterocycles. The number of aromatic nitrogens is 2. The maximum atomic E-state index is 8.84. The van der Waals surface area contributed by atoms with Gasteiger partial charge in [0.2, 0.25) is 0 Å². The van der Waals surface area contributed by atoms with E-state index in [1.165, 1.54) is 0 Å². The second kappa shape index (κ2) is 4.43. The van der Waals surface area contributed by atoms with Crippen molar-refractivity contribution < 1.29 is 0 Å². The third-order valence-corrected chi connectivity index (χ3v) is 3.79. The van der Waals surface area contributed by atoms with E-state index in [1.54, 1.807) is 0 Å². The Kier molecular flexibility index (Phi) is 2.75. The Balaban J connectivity index is 1.77. The zero-order valence-corrected chi connectivity index (χ0v) is 10.7. The summed E-state index contributed by atoms with van der Waals surface area (Å²) >= 11 is 0. The van der Waals surface area contributed by atoms with Crippen LogP contribution in [0.25, 0.3) is 11.1 Å². The van der Waals surface area contributed by atoms with Crippen LogP contribution in [-0.2, 0) is 6.54 Å². The highest BCUT2D eigenvalue weighted by Crippen LogP contribution is 2.49. The minimum absolute atomic E-state index is 0.180. The molecule has 0 atom stereocenters. The molecule has 96 valence electrons. The van der Waals surface area contributed by atoms with Crippen LogP contribution in [-0.4, -0.2) is 9.78 Å². The standard InChI is InChI=1S/C15H16N4/c16-8-7-15(5-6-15)11-19-10-13(9-18-19)12-1-3-14(17)4-2-12/h1-4,9-10H,5-7,11,17H2. The maximum Gasteiger partial charge on any atom is 0.0628 e. The Morgan fingerprint density at radius 1 is 1.26 bits per heavy atom. The van der Waals surface area contributed by atoms with Crippen LogP contribution in [0.2, 0.25) is 0 Å². The molecule has 2 N–H and O–H groups in total. The molecule has 19 heavy (non-hydrogen) atoms. The lowest BCUT2D eigenvalue weighted by molar-refractivity contribution is 0.405. The van der Waals surface area contributed by atoms with Crippen LogP contribution in [0.1, 0.15) is 19.3 Å². The van der Waals surface area contributed by atoms with E-state index in [2.05, 4.69) is 11.2 Å². The molecule has 1 fully saturated rings. The highest BCUT2D eigenvalue weighted by molar-refractivity contribution is 5.63. The number of nitrogen functional groups attached to an aromatic ring is 1. The molecular weight excluding hydrogens is 236 g/mol. The van der Waals surface area contributed by atoms with Crippen molar-refractivity contribution in [1.82, 2.24) is 9.78 Å². The Bertz CT molecular complexity index is 614. The van der Waals surface area contributed by atoms with Gasteiger partial charge in [-0.15, -0.1) is 0 Å². The molecule has 1 heterocycles. The van der Waals surface area contributed by atoms with Gasteiger partial charge < -0.3 is 5.73 Å². The number of nitriles is 1. The largest absolute Gasteiger partial charge is 0.399 e. The first-order chi connectivity index (χ1) is 9.21. The summed E-state index contributed by atoms with van der Waals surface area (Å²) in [5.41, 5.74) is 8.84. The molecule has 1 aromatic heterocycles. The van der Waals surface area contributed by atoms with Gasteiger partial charge in [0, 0.05) is 35.8 Å². The second-order valence-corrected chi connectivity index (χ2v) is 5.38. The molecule has 4 heteroatoms. The van der Waals surface area contributed by atoms with Crippen molar-refractivity contribution in [1.29, 1.82) is 5.26 Å². The lowest BCUT2D eigenvalue weighted by Crippen LogP contribution is -2.11. The van der Waals surface area contributed by atoms with Crippen LogP contribution in [0.3, 0.4) is 0 Å². The molecule has 1 saturated carbocycles. The van der Waals surface area contributed by atoms with Crippen molar-refractivity contribution in [3.05, 3.63) is 36.7 Å². The monoisotopic (exact) mass is 252 g/mol. The van der Waals surface area contributed by atoms with E-state index in [0.29, 0.717) is 6.42 Å². The van der Waals surface area contributed by atoms with E-state index in [9.17, 15) is 0 Å². The summed E-state index contributed by atoms with van der Waals surface area (Å²) in [7, 11) is 0. The summed E-state index contributed by atoms with van der Waals surface area (Å²) in [6.45, 7) is 0.843. The number of hydrogen-bond acceptors (Lipinski definition) is 3. The predicted molar refractivity (Wildman–Crippen MR) is 74.0 cm³/mol. The molecule has 0 unspecified atom stereocenters. The molecule has 0 saturated heterocycles. The van der Waals surface area contributed by atoms with Crippen LogP contribution in [0.5, 0.6) is 0 Å². The van der Waals surface area contributed by atoms with Crippen LogP contribution in [0.15, 0.2) is 36.7 Å². The number of nitrogens with zero attached hydrogens (tertiary/aromatic N) is 3. The van der Waals surface area contributed by atoms with Gasteiger partial charge in [-0.1, -0.05) is 12.1 Å². The topological polar surface area (TPSA) is 67.6 Å². The average Bonchev–Trinajstić information content (AvgIpc) is 2.99. The summed E-state index contributed by atoms with van der Waals surface area (Å²) in [5.74, 6) is 0. The molecule has 3 rings (SSSR count). The van der Waals surface area contributed by atoms with Gasteiger partial charge in [-0.25, -0.2) is 0 Å². The maximum absolute atomic E-state index is 8.84. The SMILES string of the molecule is N#CCC1(Cn2cc(-c3ccc(N)cc3)cn2)CC1. The van der Waals surface area contributed by atoms with E-state index < -0.39 is 0 Å². The minimum atomic E-state index is 0.180. The lowest BCUT2D eigenvalue weighted by Gasteiger charge is -2.10. The molecule has 0 bridgehead atoms. The van der Waals surface area contributed by atoms with Gasteiger partial charge in [0.25, 0.3) is 0 Å². The molecular formula is C15H16N4. The molecule has 2 aromatic rings. The van der Waals surface area contributed by atoms with Crippen molar-refractivity contribution in [2.45, 2.75) is 25.8 Å². The van der Waals surface area contributed by atoms with Gasteiger partial charge in [0.05, 0.1) is 12.3 Å². The smallest absolute Gasteiger partial charge is 0.0628 e. The van der Waals surface area contributed by atoms with Crippen molar-refractivity contribution in [2.75, 3.05) is 5.73 Å². The molecule has 0 amide bonds. The van der Waals surface area contributed by atoms with Crippen LogP contribution in [0, 0.1) is 16.7 Å². The Morgan fingerprint density at radius 2 is 2.00 bits per heavy atom. The fourth-order valence-electron chi connectivity index (χ4n) is 2.35. The number of benzene rings is 1. The van der Waals surface area contributed by atoms with E-state index in [1.807, 2.05) is 41.3 Å². The Labute approximate surface area is 112 Å². The molecule has 1 aliphatic rings. The van der Waals surface area contributed by atoms with Crippen LogP contribution in [0.4, 0.5) is 5.69 Å². The van der Waals surface area contributed by atoms with E-state index >= 15 is 0 Å². The van der Waals surface area contributed by atoms with E-state index in [-0.39, 0.29) is 5.41 Å². The minimum Gasteiger partial charge on any atom is -0.399 e. The lowest BCUT2D eigenvalue weighted by atomic mass is 10.0. The average molecular weight is 252 g/mol. The van der Waals surface area contributed by atoms with Crippen LogP contribution < -0.4 is 5.73 Å². The van der Waals surface area contributed by atoms with Crippen molar-refractivity contribution in [2.24, 2.45) is 5.41 Å². The predicted octanol–water partition coefficient (Wildman–Crippen LogP) is 2.83. The molecule has 0 radical (unpaired) electrons. The Morgan fingerprint density at radius 3 is 2.63 bits per heavy atom. The number of anilines is 1. The first kappa shape index (κ1) is 11.8.